The molecule has 4 rings (SSSR count). The summed E-state index contributed by atoms with van der Waals surface area (Å²) >= 11 is 0. The van der Waals surface area contributed by atoms with Gasteiger partial charge >= 0.3 is 0 Å². The maximum absolute atomic E-state index is 13.1. The van der Waals surface area contributed by atoms with Gasteiger partial charge in [-0.3, -0.25) is 19.8 Å². The lowest BCUT2D eigenvalue weighted by molar-refractivity contribution is -0.385. The molecule has 166 valence electrons. The number of amidine groups is 1. The molecular formula is C26H23N3O4. The Kier molecular flexibility index (Phi) is 5.79. The first-order valence-corrected chi connectivity index (χ1v) is 10.5. The first-order chi connectivity index (χ1) is 15.8. The van der Waals surface area contributed by atoms with Gasteiger partial charge in [0.15, 0.2) is 0 Å². The number of anilines is 1. The second-order valence-corrected chi connectivity index (χ2v) is 8.14. The molecule has 0 bridgehead atoms. The Bertz CT molecular complexity index is 1310. The Morgan fingerprint density at radius 1 is 1.06 bits per heavy atom. The molecule has 0 atom stereocenters. The first kappa shape index (κ1) is 22.0. The van der Waals surface area contributed by atoms with Crippen LogP contribution in [0.4, 0.5) is 11.4 Å². The molecule has 1 amide bonds. The van der Waals surface area contributed by atoms with Crippen LogP contribution in [0.2, 0.25) is 0 Å². The van der Waals surface area contributed by atoms with Gasteiger partial charge in [-0.1, -0.05) is 56.3 Å². The maximum Gasteiger partial charge on any atom is 0.296 e. The van der Waals surface area contributed by atoms with Gasteiger partial charge in [-0.05, 0) is 48.2 Å². The summed E-state index contributed by atoms with van der Waals surface area (Å²) in [7, 11) is 0. The van der Waals surface area contributed by atoms with Crippen molar-refractivity contribution >= 4 is 29.2 Å². The molecule has 0 unspecified atom stereocenters. The fourth-order valence-electron chi connectivity index (χ4n) is 3.89. The average Bonchev–Trinajstić information content (AvgIpc) is 3.10. The Labute approximate surface area is 191 Å². The lowest BCUT2D eigenvalue weighted by Crippen LogP contribution is -2.28. The summed E-state index contributed by atoms with van der Waals surface area (Å²) in [6, 6.07) is 19.1. The van der Waals surface area contributed by atoms with Crippen molar-refractivity contribution in [1.29, 1.82) is 0 Å². The number of nitro groups is 1. The van der Waals surface area contributed by atoms with E-state index in [0.29, 0.717) is 17.1 Å². The molecule has 0 fully saturated rings. The van der Waals surface area contributed by atoms with Gasteiger partial charge in [0.05, 0.1) is 16.2 Å². The van der Waals surface area contributed by atoms with E-state index in [1.54, 1.807) is 29.2 Å². The van der Waals surface area contributed by atoms with E-state index in [4.69, 9.17) is 0 Å². The van der Waals surface area contributed by atoms with Crippen LogP contribution in [-0.2, 0) is 4.79 Å². The number of aromatic hydroxyl groups is 1. The molecule has 7 nitrogen and oxygen atoms in total. The summed E-state index contributed by atoms with van der Waals surface area (Å²) < 4.78 is 0. The number of aliphatic imine (C=N–C) groups is 1. The number of nitro benzene ring substituents is 1. The third-order valence-electron chi connectivity index (χ3n) is 5.55. The second kappa shape index (κ2) is 8.70. The molecule has 0 aliphatic carbocycles. The van der Waals surface area contributed by atoms with E-state index in [2.05, 4.69) is 4.99 Å². The van der Waals surface area contributed by atoms with E-state index < -0.39 is 10.8 Å². The molecular weight excluding hydrogens is 418 g/mol. The van der Waals surface area contributed by atoms with Crippen LogP contribution in [0, 0.1) is 17.0 Å². The van der Waals surface area contributed by atoms with Crippen LogP contribution in [0.25, 0.3) is 6.08 Å². The van der Waals surface area contributed by atoms with Crippen LogP contribution in [0.3, 0.4) is 0 Å². The van der Waals surface area contributed by atoms with Crippen molar-refractivity contribution in [3.63, 3.8) is 0 Å². The third kappa shape index (κ3) is 4.13. The van der Waals surface area contributed by atoms with Gasteiger partial charge in [0.1, 0.15) is 17.3 Å². The SMILES string of the molecule is Cc1cc(O)c(C(C)C)cc1N1C(=Cc2ccccc2[N+](=O)[O-])C(=O)N=C1c1ccccc1. The molecule has 1 aliphatic rings. The number of phenolic OH excluding ortho intramolecular Hbond substituents is 1. The molecule has 0 spiro atoms. The fraction of sp³-hybridized carbons (Fsp3) is 0.154. The van der Waals surface area contributed by atoms with E-state index in [-0.39, 0.29) is 23.1 Å². The summed E-state index contributed by atoms with van der Waals surface area (Å²) in [6.07, 6.45) is 1.50. The van der Waals surface area contributed by atoms with E-state index in [0.717, 1.165) is 16.7 Å². The Hall–Kier alpha value is -4.26. The fourth-order valence-corrected chi connectivity index (χ4v) is 3.89. The summed E-state index contributed by atoms with van der Waals surface area (Å²) in [5.41, 5.74) is 3.28. The number of phenols is 1. The molecule has 0 radical (unpaired) electrons. The van der Waals surface area contributed by atoms with E-state index in [9.17, 15) is 20.0 Å². The van der Waals surface area contributed by atoms with Gasteiger partial charge in [0.2, 0.25) is 0 Å². The highest BCUT2D eigenvalue weighted by molar-refractivity contribution is 6.28. The van der Waals surface area contributed by atoms with Crippen LogP contribution in [-0.4, -0.2) is 21.8 Å². The molecule has 7 heteroatoms. The number of carbonyl (C=O) groups is 1. The van der Waals surface area contributed by atoms with Crippen LogP contribution in [0.1, 0.15) is 42.0 Å². The number of hydrogen-bond acceptors (Lipinski definition) is 5. The van der Waals surface area contributed by atoms with E-state index in [1.807, 2.05) is 57.2 Å². The zero-order valence-corrected chi connectivity index (χ0v) is 18.5. The predicted molar refractivity (Wildman–Crippen MR) is 128 cm³/mol. The van der Waals surface area contributed by atoms with Gasteiger partial charge < -0.3 is 5.11 Å². The van der Waals surface area contributed by atoms with Gasteiger partial charge in [-0.25, -0.2) is 0 Å². The topological polar surface area (TPSA) is 96.0 Å². The predicted octanol–water partition coefficient (Wildman–Crippen LogP) is 5.57. The highest BCUT2D eigenvalue weighted by Gasteiger charge is 2.34. The van der Waals surface area contributed by atoms with Crippen molar-refractivity contribution in [2.75, 3.05) is 4.90 Å². The van der Waals surface area contributed by atoms with Gasteiger partial charge in [-0.15, -0.1) is 0 Å². The number of benzene rings is 3. The van der Waals surface area contributed by atoms with Crippen molar-refractivity contribution in [2.24, 2.45) is 4.99 Å². The van der Waals surface area contributed by atoms with Crippen LogP contribution >= 0.6 is 0 Å². The summed E-state index contributed by atoms with van der Waals surface area (Å²) in [5, 5.41) is 22.0. The van der Waals surface area contributed by atoms with Crippen LogP contribution in [0.15, 0.2) is 77.4 Å². The van der Waals surface area contributed by atoms with Crippen molar-refractivity contribution in [3.05, 3.63) is 105 Å². The van der Waals surface area contributed by atoms with Crippen molar-refractivity contribution in [2.45, 2.75) is 26.7 Å². The van der Waals surface area contributed by atoms with E-state index in [1.165, 1.54) is 12.1 Å². The summed E-state index contributed by atoms with van der Waals surface area (Å²) in [4.78, 5) is 30.2. The lowest BCUT2D eigenvalue weighted by Gasteiger charge is -2.25. The smallest absolute Gasteiger partial charge is 0.296 e. The quantitative estimate of drug-likeness (QED) is 0.317. The molecule has 0 saturated carbocycles. The molecule has 0 aromatic heterocycles. The molecule has 3 aromatic rings. The van der Waals surface area contributed by atoms with Gasteiger partial charge in [0, 0.05) is 11.6 Å². The number of nitrogens with zero attached hydrogens (tertiary/aromatic N) is 3. The molecule has 1 N–H and O–H groups in total. The molecule has 3 aromatic carbocycles. The Morgan fingerprint density at radius 2 is 1.73 bits per heavy atom. The van der Waals surface area contributed by atoms with Crippen molar-refractivity contribution < 1.29 is 14.8 Å². The van der Waals surface area contributed by atoms with Crippen molar-refractivity contribution in [1.82, 2.24) is 0 Å². The highest BCUT2D eigenvalue weighted by atomic mass is 16.6. The number of para-hydroxylation sites is 1. The monoisotopic (exact) mass is 441 g/mol. The first-order valence-electron chi connectivity index (χ1n) is 10.5. The molecule has 33 heavy (non-hydrogen) atoms. The lowest BCUT2D eigenvalue weighted by atomic mass is 9.98. The summed E-state index contributed by atoms with van der Waals surface area (Å²) in [5.74, 6) is 0.154. The number of hydrogen-bond donors (Lipinski definition) is 1. The Morgan fingerprint density at radius 3 is 2.39 bits per heavy atom. The minimum absolute atomic E-state index is 0.0439. The minimum atomic E-state index is -0.495. The maximum atomic E-state index is 13.1. The zero-order valence-electron chi connectivity index (χ0n) is 18.5. The molecule has 1 aliphatic heterocycles. The number of carbonyl (C=O) groups excluding carboxylic acids is 1. The highest BCUT2D eigenvalue weighted by Crippen LogP contribution is 2.38. The standard InChI is InChI=1S/C26H23N3O4/c1-16(2)20-15-22(17(3)13-24(20)30)28-23(14-19-11-7-8-12-21(19)29(32)33)26(31)27-25(28)18-9-5-4-6-10-18/h4-16,30H,1-3H3. The Balaban J connectivity index is 1.96. The minimum Gasteiger partial charge on any atom is -0.508 e. The normalized spacial score (nSPS) is 14.8. The third-order valence-corrected chi connectivity index (χ3v) is 5.55. The van der Waals surface area contributed by atoms with Gasteiger partial charge in [-0.2, -0.15) is 4.99 Å². The molecule has 0 saturated heterocycles. The summed E-state index contributed by atoms with van der Waals surface area (Å²) in [6.45, 7) is 5.78. The van der Waals surface area contributed by atoms with Crippen LogP contribution < -0.4 is 4.90 Å². The van der Waals surface area contributed by atoms with Crippen LogP contribution in [0.5, 0.6) is 5.75 Å². The second-order valence-electron chi connectivity index (χ2n) is 8.14. The number of amides is 1. The number of rotatable bonds is 5. The average molecular weight is 441 g/mol. The zero-order chi connectivity index (χ0) is 23.7. The van der Waals surface area contributed by atoms with Gasteiger partial charge in [0.25, 0.3) is 11.6 Å². The van der Waals surface area contributed by atoms with E-state index >= 15 is 0 Å². The molecule has 1 heterocycles. The number of aryl methyl sites for hydroxylation is 1. The van der Waals surface area contributed by atoms with Crippen molar-refractivity contribution in [3.8, 4) is 5.75 Å². The largest absolute Gasteiger partial charge is 0.508 e.